The van der Waals surface area contributed by atoms with Gasteiger partial charge in [0, 0.05) is 12.1 Å². The first-order chi connectivity index (χ1) is 14.2. The highest BCUT2D eigenvalue weighted by Crippen LogP contribution is 2.35. The van der Waals surface area contributed by atoms with E-state index in [0.717, 1.165) is 0 Å². The van der Waals surface area contributed by atoms with E-state index in [1.165, 1.54) is 38.8 Å². The number of anilines is 1. The van der Waals surface area contributed by atoms with Crippen molar-refractivity contribution >= 4 is 17.6 Å². The van der Waals surface area contributed by atoms with Gasteiger partial charge in [0.15, 0.2) is 41.4 Å². The van der Waals surface area contributed by atoms with Crippen molar-refractivity contribution < 1.29 is 50.5 Å². The van der Waals surface area contributed by atoms with Gasteiger partial charge in [0.1, 0.15) is 17.0 Å². The van der Waals surface area contributed by atoms with E-state index >= 15 is 0 Å². The second-order valence-electron chi connectivity index (χ2n) is 5.48. The first-order valence-electron chi connectivity index (χ1n) is 7.94. The number of rotatable bonds is 7. The zero-order chi connectivity index (χ0) is 22.6. The number of halogens is 5. The summed E-state index contributed by atoms with van der Waals surface area (Å²) in [6, 6.07) is 2.51. The van der Waals surface area contributed by atoms with Crippen molar-refractivity contribution in [1.82, 2.24) is 0 Å². The fraction of sp³-hybridized carbons (Fsp3) is 0.222. The van der Waals surface area contributed by atoms with Crippen molar-refractivity contribution in [1.29, 1.82) is 0 Å². The smallest absolute Gasteiger partial charge is 0.342 e. The molecule has 0 radical (unpaired) electrons. The summed E-state index contributed by atoms with van der Waals surface area (Å²) >= 11 is 0. The van der Waals surface area contributed by atoms with E-state index in [-0.39, 0.29) is 22.8 Å². The van der Waals surface area contributed by atoms with E-state index in [9.17, 15) is 31.5 Å². The molecule has 12 heteroatoms. The van der Waals surface area contributed by atoms with Gasteiger partial charge in [-0.3, -0.25) is 4.79 Å². The molecule has 2 aromatic rings. The highest BCUT2D eigenvalue weighted by atomic mass is 19.2. The molecule has 30 heavy (non-hydrogen) atoms. The summed E-state index contributed by atoms with van der Waals surface area (Å²) < 4.78 is 86.4. The van der Waals surface area contributed by atoms with E-state index in [0.29, 0.717) is 0 Å². The molecule has 0 saturated heterocycles. The van der Waals surface area contributed by atoms with Gasteiger partial charge in [0.25, 0.3) is 5.91 Å². The summed E-state index contributed by atoms with van der Waals surface area (Å²) in [5.41, 5.74) is -1.75. The number of hydrogen-bond acceptors (Lipinski definition) is 6. The van der Waals surface area contributed by atoms with Crippen LogP contribution >= 0.6 is 0 Å². The summed E-state index contributed by atoms with van der Waals surface area (Å²) in [5.74, 6) is -13.4. The van der Waals surface area contributed by atoms with Gasteiger partial charge in [-0.15, -0.1) is 0 Å². The van der Waals surface area contributed by atoms with E-state index in [2.05, 4.69) is 0 Å². The Kier molecular flexibility index (Phi) is 7.03. The number of methoxy groups -OCH3 is 3. The van der Waals surface area contributed by atoms with Crippen LogP contribution in [0.5, 0.6) is 17.2 Å². The molecule has 0 aliphatic carbocycles. The maximum absolute atomic E-state index is 13.6. The molecule has 162 valence electrons. The molecule has 0 spiro atoms. The molecule has 2 aromatic carbocycles. The summed E-state index contributed by atoms with van der Waals surface area (Å²) in [6.07, 6.45) is 0. The van der Waals surface area contributed by atoms with Crippen LogP contribution in [-0.4, -0.2) is 39.8 Å². The van der Waals surface area contributed by atoms with Crippen LogP contribution in [0.25, 0.3) is 0 Å². The number of carbonyl (C=O) groups excluding carboxylic acids is 2. The molecule has 0 atom stereocenters. The molecule has 0 aromatic heterocycles. The van der Waals surface area contributed by atoms with Crippen LogP contribution in [0.15, 0.2) is 12.1 Å². The minimum absolute atomic E-state index is 0.00202. The zero-order valence-electron chi connectivity index (χ0n) is 15.7. The van der Waals surface area contributed by atoms with Crippen LogP contribution in [0.1, 0.15) is 10.4 Å². The fourth-order valence-corrected chi connectivity index (χ4v) is 2.29. The SMILES string of the molecule is COc1cc(OC)c(C(=O)OCC(=O)Nc2c(F)c(F)c(F)c(F)c2F)cc1OC. The molecule has 0 bridgehead atoms. The van der Waals surface area contributed by atoms with Gasteiger partial charge in [-0.1, -0.05) is 0 Å². The Morgan fingerprint density at radius 2 is 1.23 bits per heavy atom. The van der Waals surface area contributed by atoms with Crippen LogP contribution in [0, 0.1) is 29.1 Å². The lowest BCUT2D eigenvalue weighted by molar-refractivity contribution is -0.119. The quantitative estimate of drug-likeness (QED) is 0.311. The molecule has 0 unspecified atom stereocenters. The Bertz CT molecular complexity index is 969. The minimum atomic E-state index is -2.38. The molecule has 7 nitrogen and oxygen atoms in total. The van der Waals surface area contributed by atoms with Gasteiger partial charge in [-0.05, 0) is 0 Å². The first kappa shape index (κ1) is 22.7. The van der Waals surface area contributed by atoms with E-state index in [4.69, 9.17) is 18.9 Å². The highest BCUT2D eigenvalue weighted by Gasteiger charge is 2.27. The fourth-order valence-electron chi connectivity index (χ4n) is 2.29. The average molecular weight is 435 g/mol. The third-order valence-electron chi connectivity index (χ3n) is 3.73. The van der Waals surface area contributed by atoms with Gasteiger partial charge in [-0.2, -0.15) is 0 Å². The predicted octanol–water partition coefficient (Wildman–Crippen LogP) is 3.20. The maximum atomic E-state index is 13.6. The van der Waals surface area contributed by atoms with Crippen LogP contribution in [0.4, 0.5) is 27.6 Å². The number of ether oxygens (including phenoxy) is 4. The van der Waals surface area contributed by atoms with E-state index in [1.807, 2.05) is 0 Å². The number of carbonyl (C=O) groups is 2. The molecule has 0 saturated carbocycles. The average Bonchev–Trinajstić information content (AvgIpc) is 2.76. The molecule has 1 amide bonds. The normalized spacial score (nSPS) is 10.4. The zero-order valence-corrected chi connectivity index (χ0v) is 15.7. The van der Waals surface area contributed by atoms with Gasteiger partial charge in [0.05, 0.1) is 21.3 Å². The largest absolute Gasteiger partial charge is 0.496 e. The van der Waals surface area contributed by atoms with Crippen molar-refractivity contribution in [3.8, 4) is 17.2 Å². The van der Waals surface area contributed by atoms with Crippen molar-refractivity contribution in [2.24, 2.45) is 0 Å². The number of benzene rings is 2. The van der Waals surface area contributed by atoms with Crippen molar-refractivity contribution in [3.63, 3.8) is 0 Å². The third-order valence-corrected chi connectivity index (χ3v) is 3.73. The van der Waals surface area contributed by atoms with Gasteiger partial charge in [-0.25, -0.2) is 26.7 Å². The Morgan fingerprint density at radius 3 is 1.73 bits per heavy atom. The molecule has 2 rings (SSSR count). The summed E-state index contributed by atoms with van der Waals surface area (Å²) in [5, 5.41) is 1.47. The molecule has 0 heterocycles. The lowest BCUT2D eigenvalue weighted by atomic mass is 10.1. The molecule has 0 fully saturated rings. The molecule has 0 aliphatic heterocycles. The Balaban J connectivity index is 2.17. The summed E-state index contributed by atoms with van der Waals surface area (Å²) in [6.45, 7) is -1.10. The number of hydrogen-bond donors (Lipinski definition) is 1. The maximum Gasteiger partial charge on any atom is 0.342 e. The van der Waals surface area contributed by atoms with Crippen LogP contribution < -0.4 is 19.5 Å². The second kappa shape index (κ2) is 9.29. The first-order valence-corrected chi connectivity index (χ1v) is 7.94. The standard InChI is InChI=1S/C18H14F5NO6/c1-27-8-5-10(29-3)9(28-2)4-7(8)18(26)30-6-11(25)24-17-15(22)13(20)12(19)14(21)16(17)23/h4-5H,6H2,1-3H3,(H,24,25). The number of esters is 1. The topological polar surface area (TPSA) is 83.1 Å². The molecule has 0 aliphatic rings. The van der Waals surface area contributed by atoms with Crippen LogP contribution in [0.2, 0.25) is 0 Å². The summed E-state index contributed by atoms with van der Waals surface area (Å²) in [7, 11) is 3.89. The minimum Gasteiger partial charge on any atom is -0.496 e. The predicted molar refractivity (Wildman–Crippen MR) is 91.2 cm³/mol. The summed E-state index contributed by atoms with van der Waals surface area (Å²) in [4.78, 5) is 24.0. The van der Waals surface area contributed by atoms with Crippen molar-refractivity contribution in [2.75, 3.05) is 33.3 Å². The van der Waals surface area contributed by atoms with E-state index in [1.54, 1.807) is 0 Å². The lowest BCUT2D eigenvalue weighted by Crippen LogP contribution is -2.23. The van der Waals surface area contributed by atoms with Gasteiger partial charge in [0.2, 0.25) is 5.82 Å². The molecule has 1 N–H and O–H groups in total. The Labute approximate surface area is 166 Å². The second-order valence-corrected chi connectivity index (χ2v) is 5.48. The van der Waals surface area contributed by atoms with Crippen LogP contribution in [0.3, 0.4) is 0 Å². The van der Waals surface area contributed by atoms with Gasteiger partial charge >= 0.3 is 5.97 Å². The van der Waals surface area contributed by atoms with Crippen molar-refractivity contribution in [2.45, 2.75) is 0 Å². The third kappa shape index (κ3) is 4.36. The van der Waals surface area contributed by atoms with Crippen molar-refractivity contribution in [3.05, 3.63) is 46.8 Å². The van der Waals surface area contributed by atoms with Crippen LogP contribution in [-0.2, 0) is 9.53 Å². The van der Waals surface area contributed by atoms with Gasteiger partial charge < -0.3 is 24.3 Å². The number of nitrogens with one attached hydrogen (secondary N) is 1. The molecular weight excluding hydrogens is 421 g/mol. The lowest BCUT2D eigenvalue weighted by Gasteiger charge is -2.14. The number of amides is 1. The molecular formula is C18H14F5NO6. The Morgan fingerprint density at radius 1 is 0.767 bits per heavy atom. The highest BCUT2D eigenvalue weighted by molar-refractivity contribution is 5.97. The Hall–Kier alpha value is -3.57. The van der Waals surface area contributed by atoms with E-state index < -0.39 is 53.3 Å². The monoisotopic (exact) mass is 435 g/mol.